The molecule has 0 amide bonds. The zero-order chi connectivity index (χ0) is 14.2. The summed E-state index contributed by atoms with van der Waals surface area (Å²) in [4.78, 5) is 4.20. The van der Waals surface area contributed by atoms with Gasteiger partial charge in [-0.3, -0.25) is 0 Å². The molecule has 0 unspecified atom stereocenters. The zero-order valence-electron chi connectivity index (χ0n) is 12.3. The van der Waals surface area contributed by atoms with Crippen LogP contribution in [-0.2, 0) is 13.1 Å². The number of hydrogen-bond donors (Lipinski definition) is 1. The Morgan fingerprint density at radius 2 is 1.95 bits per heavy atom. The highest BCUT2D eigenvalue weighted by Gasteiger charge is 2.01. The van der Waals surface area contributed by atoms with Gasteiger partial charge in [-0.25, -0.2) is 4.98 Å². The van der Waals surface area contributed by atoms with Crippen molar-refractivity contribution in [2.45, 2.75) is 39.8 Å². The molecule has 2 rings (SSSR count). The van der Waals surface area contributed by atoms with Gasteiger partial charge in [-0.2, -0.15) is 0 Å². The fourth-order valence-corrected chi connectivity index (χ4v) is 2.02. The van der Waals surface area contributed by atoms with Crippen LogP contribution in [0, 0.1) is 0 Å². The van der Waals surface area contributed by atoms with Crippen LogP contribution in [-0.4, -0.2) is 16.2 Å². The van der Waals surface area contributed by atoms with E-state index in [2.05, 4.69) is 28.7 Å². The minimum absolute atomic E-state index is 0.767. The van der Waals surface area contributed by atoms with E-state index in [0.29, 0.717) is 0 Å². The summed E-state index contributed by atoms with van der Waals surface area (Å²) in [5, 5.41) is 3.41. The van der Waals surface area contributed by atoms with Crippen LogP contribution in [0.2, 0.25) is 0 Å². The number of imidazole rings is 1. The predicted octanol–water partition coefficient (Wildman–Crippen LogP) is 3.69. The van der Waals surface area contributed by atoms with Gasteiger partial charge in [0.25, 0.3) is 0 Å². The number of aromatic nitrogens is 2. The summed E-state index contributed by atoms with van der Waals surface area (Å²) in [7, 11) is 0. The van der Waals surface area contributed by atoms with Crippen molar-refractivity contribution in [2.24, 2.45) is 0 Å². The maximum atomic E-state index is 5.57. The highest BCUT2D eigenvalue weighted by atomic mass is 16.5. The van der Waals surface area contributed by atoms with Crippen molar-refractivity contribution in [3.63, 3.8) is 0 Å². The summed E-state index contributed by atoms with van der Waals surface area (Å²) in [6.45, 7) is 6.85. The summed E-state index contributed by atoms with van der Waals surface area (Å²) >= 11 is 0. The second-order valence-corrected chi connectivity index (χ2v) is 4.80. The van der Waals surface area contributed by atoms with Gasteiger partial charge in [-0.15, -0.1) is 0 Å². The zero-order valence-corrected chi connectivity index (χ0v) is 12.3. The van der Waals surface area contributed by atoms with E-state index in [1.54, 1.807) is 0 Å². The largest absolute Gasteiger partial charge is 0.494 e. The molecule has 0 saturated heterocycles. The van der Waals surface area contributed by atoms with Crippen molar-refractivity contribution in [1.82, 2.24) is 9.55 Å². The standard InChI is InChI=1S/C16H23N3O/c1-3-9-19-13-17-11-15(19)12-18-14-5-7-16(8-6-14)20-10-4-2/h5-8,11,13,18H,3-4,9-10,12H2,1-2H3. The third kappa shape index (κ3) is 4.02. The second-order valence-electron chi connectivity index (χ2n) is 4.80. The molecule has 108 valence electrons. The lowest BCUT2D eigenvalue weighted by molar-refractivity contribution is 0.317. The van der Waals surface area contributed by atoms with Crippen LogP contribution in [0.1, 0.15) is 32.4 Å². The van der Waals surface area contributed by atoms with Gasteiger partial charge < -0.3 is 14.6 Å². The molecule has 1 N–H and O–H groups in total. The molecule has 2 aromatic rings. The Morgan fingerprint density at radius 1 is 1.15 bits per heavy atom. The van der Waals surface area contributed by atoms with E-state index in [0.717, 1.165) is 44.0 Å². The fourth-order valence-electron chi connectivity index (χ4n) is 2.02. The number of nitrogens with one attached hydrogen (secondary N) is 1. The molecule has 1 heterocycles. The molecule has 0 bridgehead atoms. The van der Waals surface area contributed by atoms with E-state index in [9.17, 15) is 0 Å². The molecule has 0 saturated carbocycles. The molecule has 0 fully saturated rings. The third-order valence-electron chi connectivity index (χ3n) is 3.06. The molecule has 0 atom stereocenters. The first kappa shape index (κ1) is 14.4. The molecule has 0 aliphatic carbocycles. The first-order chi connectivity index (χ1) is 9.83. The minimum atomic E-state index is 0.767. The Hall–Kier alpha value is -1.97. The summed E-state index contributed by atoms with van der Waals surface area (Å²) < 4.78 is 7.76. The van der Waals surface area contributed by atoms with E-state index in [1.165, 1.54) is 5.69 Å². The highest BCUT2D eigenvalue weighted by Crippen LogP contribution is 2.16. The average Bonchev–Trinajstić information content (AvgIpc) is 2.92. The molecule has 20 heavy (non-hydrogen) atoms. The van der Waals surface area contributed by atoms with E-state index in [4.69, 9.17) is 4.74 Å². The number of benzene rings is 1. The molecule has 1 aromatic carbocycles. The van der Waals surface area contributed by atoms with Crippen molar-refractivity contribution < 1.29 is 4.74 Å². The topological polar surface area (TPSA) is 39.1 Å². The van der Waals surface area contributed by atoms with E-state index < -0.39 is 0 Å². The Balaban J connectivity index is 1.88. The maximum absolute atomic E-state index is 5.57. The molecule has 0 spiro atoms. The number of aryl methyl sites for hydroxylation is 1. The van der Waals surface area contributed by atoms with Gasteiger partial charge >= 0.3 is 0 Å². The van der Waals surface area contributed by atoms with Gasteiger partial charge in [0.1, 0.15) is 5.75 Å². The second kappa shape index (κ2) is 7.58. The summed E-state index contributed by atoms with van der Waals surface area (Å²) in [6.07, 6.45) is 5.96. The van der Waals surface area contributed by atoms with Crippen molar-refractivity contribution in [3.05, 3.63) is 42.5 Å². The highest BCUT2D eigenvalue weighted by molar-refractivity contribution is 5.46. The molecule has 0 radical (unpaired) electrons. The van der Waals surface area contributed by atoms with Gasteiger partial charge in [0, 0.05) is 18.4 Å². The molecular weight excluding hydrogens is 250 g/mol. The lowest BCUT2D eigenvalue weighted by Crippen LogP contribution is -2.06. The molecule has 0 aliphatic rings. The van der Waals surface area contributed by atoms with Crippen LogP contribution >= 0.6 is 0 Å². The molecule has 4 nitrogen and oxygen atoms in total. The van der Waals surface area contributed by atoms with Crippen molar-refractivity contribution >= 4 is 5.69 Å². The smallest absolute Gasteiger partial charge is 0.119 e. The average molecular weight is 273 g/mol. The Labute approximate surface area is 120 Å². The third-order valence-corrected chi connectivity index (χ3v) is 3.06. The molecule has 0 aliphatic heterocycles. The summed E-state index contributed by atoms with van der Waals surface area (Å²) in [6, 6.07) is 8.10. The molecule has 4 heteroatoms. The van der Waals surface area contributed by atoms with E-state index in [1.807, 2.05) is 36.8 Å². The van der Waals surface area contributed by atoms with Crippen LogP contribution in [0.15, 0.2) is 36.8 Å². The van der Waals surface area contributed by atoms with Gasteiger partial charge in [-0.1, -0.05) is 13.8 Å². The lowest BCUT2D eigenvalue weighted by atomic mass is 10.3. The van der Waals surface area contributed by atoms with Gasteiger partial charge in [0.05, 0.1) is 25.2 Å². The number of ether oxygens (including phenoxy) is 1. The van der Waals surface area contributed by atoms with Gasteiger partial charge in [0.2, 0.25) is 0 Å². The van der Waals surface area contributed by atoms with Crippen LogP contribution in [0.3, 0.4) is 0 Å². The molecule has 1 aromatic heterocycles. The van der Waals surface area contributed by atoms with Crippen LogP contribution in [0.5, 0.6) is 5.75 Å². The summed E-state index contributed by atoms with van der Waals surface area (Å²) in [5.41, 5.74) is 2.30. The fraction of sp³-hybridized carbons (Fsp3) is 0.438. The minimum Gasteiger partial charge on any atom is -0.494 e. The molecular formula is C16H23N3O. The van der Waals surface area contributed by atoms with Gasteiger partial charge in [0.15, 0.2) is 0 Å². The summed E-state index contributed by atoms with van der Waals surface area (Å²) in [5.74, 6) is 0.924. The van der Waals surface area contributed by atoms with E-state index in [-0.39, 0.29) is 0 Å². The number of anilines is 1. The Kier molecular flexibility index (Phi) is 5.47. The first-order valence-corrected chi connectivity index (χ1v) is 7.29. The number of hydrogen-bond acceptors (Lipinski definition) is 3. The maximum Gasteiger partial charge on any atom is 0.119 e. The van der Waals surface area contributed by atoms with Crippen molar-refractivity contribution in [1.29, 1.82) is 0 Å². The first-order valence-electron chi connectivity index (χ1n) is 7.29. The lowest BCUT2D eigenvalue weighted by Gasteiger charge is -2.10. The van der Waals surface area contributed by atoms with Gasteiger partial charge in [-0.05, 0) is 37.1 Å². The quantitative estimate of drug-likeness (QED) is 0.797. The monoisotopic (exact) mass is 273 g/mol. The number of nitrogens with zero attached hydrogens (tertiary/aromatic N) is 2. The van der Waals surface area contributed by atoms with Crippen molar-refractivity contribution in [3.8, 4) is 5.75 Å². The van der Waals surface area contributed by atoms with Crippen LogP contribution in [0.25, 0.3) is 0 Å². The predicted molar refractivity (Wildman–Crippen MR) is 82.1 cm³/mol. The SMILES string of the molecule is CCCOc1ccc(NCc2cncn2CCC)cc1. The van der Waals surface area contributed by atoms with Crippen LogP contribution in [0.4, 0.5) is 5.69 Å². The van der Waals surface area contributed by atoms with E-state index >= 15 is 0 Å². The van der Waals surface area contributed by atoms with Crippen molar-refractivity contribution in [2.75, 3.05) is 11.9 Å². The Morgan fingerprint density at radius 3 is 2.65 bits per heavy atom. The normalized spacial score (nSPS) is 10.5. The number of rotatable bonds is 8. The Bertz CT molecular complexity index is 505. The van der Waals surface area contributed by atoms with Crippen LogP contribution < -0.4 is 10.1 Å².